The van der Waals surface area contributed by atoms with Crippen LogP contribution in [0.15, 0.2) is 36.4 Å². The summed E-state index contributed by atoms with van der Waals surface area (Å²) in [5.41, 5.74) is 1.17. The van der Waals surface area contributed by atoms with Gasteiger partial charge in [0.2, 0.25) is 11.8 Å². The highest BCUT2D eigenvalue weighted by atomic mass is 16.5. The first-order valence-corrected chi connectivity index (χ1v) is 9.04. The molecule has 132 valence electrons. The molecule has 2 aliphatic carbocycles. The van der Waals surface area contributed by atoms with E-state index < -0.39 is 0 Å². The Hall–Kier alpha value is -2.14. The maximum absolute atomic E-state index is 12.7. The van der Waals surface area contributed by atoms with Crippen molar-refractivity contribution >= 4 is 11.8 Å². The standard InChI is InChI=1S/C20H24N2O3/c1-25-16-10-6-14(7-11-16)12-21(15-8-9-15)13-22-19(23)17-4-2-3-5-18(17)20(22)24/h2-3,6-7,10-11,15,17-18H,4-5,8-9,12-13H2,1H3. The highest BCUT2D eigenvalue weighted by Gasteiger charge is 2.48. The van der Waals surface area contributed by atoms with Crippen LogP contribution in [-0.4, -0.2) is 41.4 Å². The molecular weight excluding hydrogens is 316 g/mol. The summed E-state index contributed by atoms with van der Waals surface area (Å²) in [4.78, 5) is 29.2. The van der Waals surface area contributed by atoms with Gasteiger partial charge in [0.15, 0.2) is 0 Å². The number of methoxy groups -OCH3 is 1. The monoisotopic (exact) mass is 340 g/mol. The molecule has 1 aromatic carbocycles. The van der Waals surface area contributed by atoms with E-state index in [-0.39, 0.29) is 23.7 Å². The van der Waals surface area contributed by atoms with Gasteiger partial charge in [0.1, 0.15) is 5.75 Å². The second kappa shape index (κ2) is 6.64. The van der Waals surface area contributed by atoms with E-state index in [9.17, 15) is 9.59 Å². The van der Waals surface area contributed by atoms with E-state index in [0.29, 0.717) is 25.6 Å². The SMILES string of the molecule is COc1ccc(CN(CN2C(=O)C3CC=CCC3C2=O)C2CC2)cc1. The van der Waals surface area contributed by atoms with Gasteiger partial charge >= 0.3 is 0 Å². The van der Waals surface area contributed by atoms with Crippen molar-refractivity contribution in [3.63, 3.8) is 0 Å². The van der Waals surface area contributed by atoms with Crippen molar-refractivity contribution in [2.45, 2.75) is 38.3 Å². The highest BCUT2D eigenvalue weighted by molar-refractivity contribution is 6.05. The molecule has 1 heterocycles. The first-order valence-electron chi connectivity index (χ1n) is 9.04. The van der Waals surface area contributed by atoms with Crippen LogP contribution in [0.5, 0.6) is 5.75 Å². The Balaban J connectivity index is 1.46. The van der Waals surface area contributed by atoms with E-state index in [2.05, 4.69) is 4.90 Å². The van der Waals surface area contributed by atoms with Gasteiger partial charge in [-0.25, -0.2) is 0 Å². The summed E-state index contributed by atoms with van der Waals surface area (Å²) in [6, 6.07) is 8.47. The molecule has 1 aromatic rings. The molecule has 2 fully saturated rings. The zero-order chi connectivity index (χ0) is 17.4. The van der Waals surface area contributed by atoms with Crippen LogP contribution in [0, 0.1) is 11.8 Å². The Bertz CT molecular complexity index is 667. The smallest absolute Gasteiger partial charge is 0.234 e. The fraction of sp³-hybridized carbons (Fsp3) is 0.500. The number of amides is 2. The van der Waals surface area contributed by atoms with Crippen molar-refractivity contribution in [3.05, 3.63) is 42.0 Å². The summed E-state index contributed by atoms with van der Waals surface area (Å²) in [7, 11) is 1.66. The van der Waals surface area contributed by atoms with Crippen molar-refractivity contribution in [3.8, 4) is 5.75 Å². The summed E-state index contributed by atoms with van der Waals surface area (Å²) in [5.74, 6) is 0.585. The quantitative estimate of drug-likeness (QED) is 0.590. The molecule has 0 aromatic heterocycles. The number of benzene rings is 1. The summed E-state index contributed by atoms with van der Waals surface area (Å²) >= 11 is 0. The van der Waals surface area contributed by atoms with Gasteiger partial charge < -0.3 is 4.74 Å². The van der Waals surface area contributed by atoms with Crippen molar-refractivity contribution in [1.82, 2.24) is 9.80 Å². The molecule has 0 bridgehead atoms. The predicted octanol–water partition coefficient (Wildman–Crippen LogP) is 2.57. The van der Waals surface area contributed by atoms with E-state index >= 15 is 0 Å². The zero-order valence-corrected chi connectivity index (χ0v) is 14.6. The summed E-state index contributed by atoms with van der Waals surface area (Å²) in [6.45, 7) is 1.17. The molecule has 2 unspecified atom stereocenters. The number of rotatable bonds is 6. The number of nitrogens with zero attached hydrogens (tertiary/aromatic N) is 2. The van der Waals surface area contributed by atoms with Crippen molar-refractivity contribution in [2.75, 3.05) is 13.8 Å². The van der Waals surface area contributed by atoms with Crippen molar-refractivity contribution < 1.29 is 14.3 Å². The van der Waals surface area contributed by atoms with Crippen LogP contribution in [0.3, 0.4) is 0 Å². The lowest BCUT2D eigenvalue weighted by molar-refractivity contribution is -0.142. The number of allylic oxidation sites excluding steroid dienone is 2. The van der Waals surface area contributed by atoms with Gasteiger partial charge in [-0.05, 0) is 43.4 Å². The van der Waals surface area contributed by atoms with E-state index in [1.807, 2.05) is 36.4 Å². The number of likely N-dealkylation sites (tertiary alicyclic amines) is 1. The third-order valence-corrected chi connectivity index (χ3v) is 5.53. The van der Waals surface area contributed by atoms with Gasteiger partial charge in [0, 0.05) is 12.6 Å². The summed E-state index contributed by atoms with van der Waals surface area (Å²) in [5, 5.41) is 0. The summed E-state index contributed by atoms with van der Waals surface area (Å²) < 4.78 is 5.21. The Morgan fingerprint density at radius 2 is 1.64 bits per heavy atom. The van der Waals surface area contributed by atoms with Gasteiger partial charge in [-0.3, -0.25) is 19.4 Å². The van der Waals surface area contributed by atoms with Gasteiger partial charge in [-0.15, -0.1) is 0 Å². The van der Waals surface area contributed by atoms with Crippen LogP contribution in [0.2, 0.25) is 0 Å². The molecule has 0 radical (unpaired) electrons. The van der Waals surface area contributed by atoms with E-state index in [1.165, 1.54) is 10.5 Å². The van der Waals surface area contributed by atoms with E-state index in [4.69, 9.17) is 4.74 Å². The fourth-order valence-corrected chi connectivity index (χ4v) is 3.89. The molecule has 3 aliphatic rings. The van der Waals surface area contributed by atoms with Gasteiger partial charge in [0.25, 0.3) is 0 Å². The molecule has 2 amide bonds. The number of imide groups is 1. The first-order chi connectivity index (χ1) is 12.2. The fourth-order valence-electron chi connectivity index (χ4n) is 3.89. The molecule has 0 N–H and O–H groups in total. The Kier molecular flexibility index (Phi) is 4.34. The lowest BCUT2D eigenvalue weighted by Crippen LogP contribution is -2.42. The molecular formula is C20H24N2O3. The molecule has 1 saturated carbocycles. The van der Waals surface area contributed by atoms with Crippen LogP contribution >= 0.6 is 0 Å². The second-order valence-corrected chi connectivity index (χ2v) is 7.23. The molecule has 5 heteroatoms. The number of ether oxygens (including phenoxy) is 1. The average Bonchev–Trinajstić information content (AvgIpc) is 3.46. The Morgan fingerprint density at radius 1 is 1.04 bits per heavy atom. The summed E-state index contributed by atoms with van der Waals surface area (Å²) in [6.07, 6.45) is 7.75. The number of carbonyl (C=O) groups is 2. The molecule has 1 aliphatic heterocycles. The lowest BCUT2D eigenvalue weighted by Gasteiger charge is -2.27. The number of carbonyl (C=O) groups excluding carboxylic acids is 2. The lowest BCUT2D eigenvalue weighted by atomic mass is 9.85. The highest BCUT2D eigenvalue weighted by Crippen LogP contribution is 2.36. The van der Waals surface area contributed by atoms with Crippen LogP contribution in [0.25, 0.3) is 0 Å². The number of fused-ring (bicyclic) bond motifs is 1. The number of hydrogen-bond acceptors (Lipinski definition) is 4. The Labute approximate surface area is 148 Å². The molecule has 25 heavy (non-hydrogen) atoms. The molecule has 2 atom stereocenters. The van der Waals surface area contributed by atoms with E-state index in [1.54, 1.807) is 7.11 Å². The van der Waals surface area contributed by atoms with Crippen LogP contribution in [0.1, 0.15) is 31.2 Å². The third kappa shape index (κ3) is 3.21. The minimum Gasteiger partial charge on any atom is -0.497 e. The molecule has 5 nitrogen and oxygen atoms in total. The topological polar surface area (TPSA) is 49.9 Å². The number of hydrogen-bond donors (Lipinski definition) is 0. The van der Waals surface area contributed by atoms with Gasteiger partial charge in [0.05, 0.1) is 25.6 Å². The van der Waals surface area contributed by atoms with Crippen LogP contribution in [-0.2, 0) is 16.1 Å². The molecule has 0 spiro atoms. The third-order valence-electron chi connectivity index (χ3n) is 5.53. The minimum atomic E-state index is -0.139. The van der Waals surface area contributed by atoms with Crippen molar-refractivity contribution in [2.24, 2.45) is 11.8 Å². The molecule has 4 rings (SSSR count). The minimum absolute atomic E-state index is 0.0136. The maximum atomic E-state index is 12.7. The van der Waals surface area contributed by atoms with E-state index in [0.717, 1.165) is 25.1 Å². The first kappa shape index (κ1) is 16.3. The predicted molar refractivity (Wildman–Crippen MR) is 93.6 cm³/mol. The second-order valence-electron chi connectivity index (χ2n) is 7.23. The normalized spacial score (nSPS) is 25.6. The van der Waals surface area contributed by atoms with Gasteiger partial charge in [-0.2, -0.15) is 0 Å². The maximum Gasteiger partial charge on any atom is 0.234 e. The Morgan fingerprint density at radius 3 is 2.16 bits per heavy atom. The van der Waals surface area contributed by atoms with Crippen molar-refractivity contribution in [1.29, 1.82) is 0 Å². The van der Waals surface area contributed by atoms with Crippen LogP contribution in [0.4, 0.5) is 0 Å². The average molecular weight is 340 g/mol. The zero-order valence-electron chi connectivity index (χ0n) is 14.6. The van der Waals surface area contributed by atoms with Crippen LogP contribution < -0.4 is 4.74 Å². The van der Waals surface area contributed by atoms with Gasteiger partial charge in [-0.1, -0.05) is 24.3 Å². The molecule has 1 saturated heterocycles. The largest absolute Gasteiger partial charge is 0.497 e.